The zero-order valence-corrected chi connectivity index (χ0v) is 20.0. The Morgan fingerprint density at radius 2 is 1.94 bits per heavy atom. The third kappa shape index (κ3) is 4.36. The van der Waals surface area contributed by atoms with Crippen LogP contribution in [0, 0.1) is 23.2 Å². The standard InChI is InChI=1S/C25H38N4O3/c1-15(2)22-20(13-26-29(22)7-6-24(4,5)28-16(3)31)23(32)27-21-18-8-17-9-19(21)12-25(10-17,11-18)14-30/h6-7,13,15,17-19,21,30H,8-12,14H2,1-5H3,(H,27,32)(H,28,31)/b7-6+. The Morgan fingerprint density at radius 1 is 1.28 bits per heavy atom. The Labute approximate surface area is 191 Å². The van der Waals surface area contributed by atoms with Gasteiger partial charge < -0.3 is 15.7 Å². The molecule has 1 heterocycles. The fraction of sp³-hybridized carbons (Fsp3) is 0.720. The first-order valence-corrected chi connectivity index (χ1v) is 12.0. The van der Waals surface area contributed by atoms with Gasteiger partial charge in [-0.15, -0.1) is 0 Å². The molecule has 4 bridgehead atoms. The molecule has 7 nitrogen and oxygen atoms in total. The summed E-state index contributed by atoms with van der Waals surface area (Å²) in [5.74, 6) is 1.61. The van der Waals surface area contributed by atoms with E-state index in [0.717, 1.165) is 25.0 Å². The lowest BCUT2D eigenvalue weighted by molar-refractivity contribution is -0.120. The van der Waals surface area contributed by atoms with Crippen molar-refractivity contribution in [3.63, 3.8) is 0 Å². The lowest BCUT2D eigenvalue weighted by Crippen LogP contribution is -2.60. The molecule has 0 aromatic carbocycles. The van der Waals surface area contributed by atoms with Crippen LogP contribution >= 0.6 is 0 Å². The zero-order valence-electron chi connectivity index (χ0n) is 20.0. The molecule has 32 heavy (non-hydrogen) atoms. The van der Waals surface area contributed by atoms with Crippen LogP contribution in [-0.2, 0) is 4.79 Å². The van der Waals surface area contributed by atoms with E-state index in [1.54, 1.807) is 10.9 Å². The normalized spacial score (nSPS) is 31.5. The van der Waals surface area contributed by atoms with Crippen molar-refractivity contribution in [1.29, 1.82) is 0 Å². The summed E-state index contributed by atoms with van der Waals surface area (Å²) >= 11 is 0. The van der Waals surface area contributed by atoms with E-state index in [1.807, 2.05) is 26.1 Å². The van der Waals surface area contributed by atoms with Crippen LogP contribution in [0.5, 0.6) is 0 Å². The molecule has 2 unspecified atom stereocenters. The number of rotatable bonds is 7. The van der Waals surface area contributed by atoms with Crippen LogP contribution in [0.2, 0.25) is 0 Å². The minimum atomic E-state index is -0.516. The maximum absolute atomic E-state index is 13.4. The molecule has 0 saturated heterocycles. The SMILES string of the molecule is CC(=O)NC(C)(C)/C=C/n1ncc(C(=O)NC2C3CC4CC2CC(CO)(C4)C3)c1C(C)C. The molecule has 2 atom stereocenters. The number of carbonyl (C=O) groups is 2. The zero-order chi connectivity index (χ0) is 23.3. The summed E-state index contributed by atoms with van der Waals surface area (Å²) in [4.78, 5) is 24.8. The average molecular weight is 443 g/mol. The van der Waals surface area contributed by atoms with Crippen molar-refractivity contribution in [2.45, 2.75) is 84.2 Å². The molecule has 0 radical (unpaired) electrons. The van der Waals surface area contributed by atoms with E-state index in [0.29, 0.717) is 23.3 Å². The molecule has 2 amide bonds. The van der Waals surface area contributed by atoms with Crippen LogP contribution in [0.3, 0.4) is 0 Å². The smallest absolute Gasteiger partial charge is 0.255 e. The van der Waals surface area contributed by atoms with Crippen molar-refractivity contribution in [3.05, 3.63) is 23.5 Å². The molecule has 4 saturated carbocycles. The highest BCUT2D eigenvalue weighted by Gasteiger charge is 2.55. The largest absolute Gasteiger partial charge is 0.396 e. The minimum Gasteiger partial charge on any atom is -0.396 e. The van der Waals surface area contributed by atoms with Crippen molar-refractivity contribution in [3.8, 4) is 0 Å². The quantitative estimate of drug-likeness (QED) is 0.604. The van der Waals surface area contributed by atoms with Crippen molar-refractivity contribution in [1.82, 2.24) is 20.4 Å². The molecule has 0 spiro atoms. The van der Waals surface area contributed by atoms with Gasteiger partial charge in [-0.2, -0.15) is 5.10 Å². The maximum atomic E-state index is 13.4. The van der Waals surface area contributed by atoms with E-state index in [4.69, 9.17) is 0 Å². The van der Waals surface area contributed by atoms with Gasteiger partial charge in [-0.3, -0.25) is 9.59 Å². The molecule has 5 rings (SSSR count). The highest BCUT2D eigenvalue weighted by atomic mass is 16.3. The Kier molecular flexibility index (Phi) is 5.99. The number of nitrogens with zero attached hydrogens (tertiary/aromatic N) is 2. The van der Waals surface area contributed by atoms with Crippen LogP contribution in [-0.4, -0.2) is 44.9 Å². The molecule has 7 heteroatoms. The Bertz CT molecular complexity index is 900. The molecule has 4 fully saturated rings. The number of hydrogen-bond donors (Lipinski definition) is 3. The van der Waals surface area contributed by atoms with Gasteiger partial charge in [-0.25, -0.2) is 4.68 Å². The molecule has 176 valence electrons. The molecule has 3 N–H and O–H groups in total. The van der Waals surface area contributed by atoms with Crippen LogP contribution in [0.4, 0.5) is 0 Å². The van der Waals surface area contributed by atoms with Gasteiger partial charge in [-0.05, 0) is 81.1 Å². The van der Waals surface area contributed by atoms with Gasteiger partial charge in [-0.1, -0.05) is 13.8 Å². The third-order valence-electron chi connectivity index (χ3n) is 7.79. The number of nitrogens with one attached hydrogen (secondary N) is 2. The van der Waals surface area contributed by atoms with E-state index in [2.05, 4.69) is 29.6 Å². The molecule has 1 aromatic rings. The monoisotopic (exact) mass is 442 g/mol. The molecular weight excluding hydrogens is 404 g/mol. The van der Waals surface area contributed by atoms with Gasteiger partial charge in [0.25, 0.3) is 5.91 Å². The first-order chi connectivity index (χ1) is 15.0. The van der Waals surface area contributed by atoms with E-state index in [1.165, 1.54) is 19.8 Å². The Hall–Kier alpha value is -2.15. The number of carbonyl (C=O) groups excluding carboxylic acids is 2. The summed E-state index contributed by atoms with van der Waals surface area (Å²) in [6.45, 7) is 9.74. The number of aliphatic hydroxyl groups excluding tert-OH is 1. The van der Waals surface area contributed by atoms with Gasteiger partial charge >= 0.3 is 0 Å². The van der Waals surface area contributed by atoms with Crippen molar-refractivity contribution >= 4 is 18.0 Å². The van der Waals surface area contributed by atoms with Crippen LogP contribution in [0.25, 0.3) is 6.20 Å². The number of hydrogen-bond acceptors (Lipinski definition) is 4. The second-order valence-electron chi connectivity index (χ2n) is 11.4. The predicted molar refractivity (Wildman–Crippen MR) is 124 cm³/mol. The van der Waals surface area contributed by atoms with E-state index in [-0.39, 0.29) is 35.8 Å². The van der Waals surface area contributed by atoms with Crippen molar-refractivity contribution in [2.24, 2.45) is 23.2 Å². The summed E-state index contributed by atoms with van der Waals surface area (Å²) < 4.78 is 1.75. The molecular formula is C25H38N4O3. The van der Waals surface area contributed by atoms with Gasteiger partial charge in [0.2, 0.25) is 5.91 Å². The van der Waals surface area contributed by atoms with Crippen LogP contribution in [0.1, 0.15) is 88.7 Å². The average Bonchev–Trinajstić information content (AvgIpc) is 3.12. The lowest BCUT2D eigenvalue weighted by atomic mass is 9.48. The van der Waals surface area contributed by atoms with E-state index < -0.39 is 5.54 Å². The predicted octanol–water partition coefficient (Wildman–Crippen LogP) is 3.31. The van der Waals surface area contributed by atoms with Gasteiger partial charge in [0, 0.05) is 25.8 Å². The lowest BCUT2D eigenvalue weighted by Gasteiger charge is -2.59. The van der Waals surface area contributed by atoms with Gasteiger partial charge in [0.15, 0.2) is 0 Å². The summed E-state index contributed by atoms with van der Waals surface area (Å²) in [6, 6.07) is 0.191. The van der Waals surface area contributed by atoms with Gasteiger partial charge in [0.05, 0.1) is 23.0 Å². The summed E-state index contributed by atoms with van der Waals surface area (Å²) in [5, 5.41) is 20.7. The summed E-state index contributed by atoms with van der Waals surface area (Å²) in [7, 11) is 0. The molecule has 4 aliphatic rings. The van der Waals surface area contributed by atoms with Crippen molar-refractivity contribution < 1.29 is 14.7 Å². The molecule has 1 aromatic heterocycles. The first kappa shape index (κ1) is 23.0. The van der Waals surface area contributed by atoms with Crippen LogP contribution in [0.15, 0.2) is 12.3 Å². The molecule has 4 aliphatic carbocycles. The van der Waals surface area contributed by atoms with Gasteiger partial charge in [0.1, 0.15) is 0 Å². The second-order valence-corrected chi connectivity index (χ2v) is 11.4. The first-order valence-electron chi connectivity index (χ1n) is 12.0. The van der Waals surface area contributed by atoms with E-state index >= 15 is 0 Å². The molecule has 0 aliphatic heterocycles. The Morgan fingerprint density at radius 3 is 2.50 bits per heavy atom. The number of amides is 2. The highest BCUT2D eigenvalue weighted by Crippen LogP contribution is 2.59. The fourth-order valence-corrected chi connectivity index (χ4v) is 6.84. The topological polar surface area (TPSA) is 96.2 Å². The van der Waals surface area contributed by atoms with Crippen LogP contribution < -0.4 is 10.6 Å². The maximum Gasteiger partial charge on any atom is 0.255 e. The second kappa shape index (κ2) is 8.32. The Balaban J connectivity index is 1.52. The number of aromatic nitrogens is 2. The van der Waals surface area contributed by atoms with Crippen molar-refractivity contribution in [2.75, 3.05) is 6.61 Å². The highest BCUT2D eigenvalue weighted by molar-refractivity contribution is 5.95. The third-order valence-corrected chi connectivity index (χ3v) is 7.79. The number of aliphatic hydroxyl groups is 1. The summed E-state index contributed by atoms with van der Waals surface area (Å²) in [6.07, 6.45) is 10.9. The fourth-order valence-electron chi connectivity index (χ4n) is 6.84. The van der Waals surface area contributed by atoms with E-state index in [9.17, 15) is 14.7 Å². The minimum absolute atomic E-state index is 0.0509. The summed E-state index contributed by atoms with van der Waals surface area (Å²) in [5.41, 5.74) is 1.06.